The summed E-state index contributed by atoms with van der Waals surface area (Å²) in [5.41, 5.74) is 5.30. The predicted molar refractivity (Wildman–Crippen MR) is 112 cm³/mol. The van der Waals surface area contributed by atoms with Crippen molar-refractivity contribution >= 4 is 11.6 Å². The fraction of sp³-hybridized carbons (Fsp3) is 0.0833. The van der Waals surface area contributed by atoms with Gasteiger partial charge in [0.25, 0.3) is 5.91 Å². The number of halogens is 1. The van der Waals surface area contributed by atoms with Gasteiger partial charge < -0.3 is 5.11 Å². The van der Waals surface area contributed by atoms with Crippen molar-refractivity contribution in [2.24, 2.45) is 0 Å². The first kappa shape index (κ1) is 18.1. The minimum atomic E-state index is -0.464. The summed E-state index contributed by atoms with van der Waals surface area (Å²) in [5, 5.41) is 17.1. The smallest absolute Gasteiger partial charge is 0.277 e. The first-order valence-corrected chi connectivity index (χ1v) is 9.56. The Morgan fingerprint density at radius 2 is 1.63 bits per heavy atom. The van der Waals surface area contributed by atoms with Gasteiger partial charge in [0.2, 0.25) is 0 Å². The van der Waals surface area contributed by atoms with Crippen LogP contribution in [0.3, 0.4) is 0 Å². The molecule has 0 saturated heterocycles. The van der Waals surface area contributed by atoms with Crippen LogP contribution in [0.2, 0.25) is 0 Å². The van der Waals surface area contributed by atoms with Crippen LogP contribution in [-0.4, -0.2) is 21.2 Å². The number of carbonyl (C=O) groups is 1. The second-order valence-corrected chi connectivity index (χ2v) is 7.37. The molecule has 0 fully saturated rings. The van der Waals surface area contributed by atoms with E-state index in [0.717, 1.165) is 22.3 Å². The Balaban J connectivity index is 1.71. The monoisotopic (exact) mass is 399 g/mol. The number of rotatable bonds is 3. The number of anilines is 1. The van der Waals surface area contributed by atoms with Crippen LogP contribution in [0.25, 0.3) is 11.3 Å². The predicted octanol–water partition coefficient (Wildman–Crippen LogP) is 4.98. The molecule has 30 heavy (non-hydrogen) atoms. The fourth-order valence-electron chi connectivity index (χ4n) is 3.92. The van der Waals surface area contributed by atoms with E-state index in [1.807, 2.05) is 31.2 Å². The third-order valence-electron chi connectivity index (χ3n) is 5.41. The summed E-state index contributed by atoms with van der Waals surface area (Å²) in [4.78, 5) is 15.0. The number of nitrogens with zero attached hydrogens (tertiary/aromatic N) is 2. The lowest BCUT2D eigenvalue weighted by Crippen LogP contribution is -2.29. The first-order valence-electron chi connectivity index (χ1n) is 9.56. The van der Waals surface area contributed by atoms with Gasteiger partial charge in [-0.25, -0.2) is 4.39 Å². The molecule has 2 N–H and O–H groups in total. The SMILES string of the molecule is Cc1ccc(-c2n[nH]c3c2C(c2ccc(O)cc2)N(c2ccc(F)cc2)C3=O)cc1. The van der Waals surface area contributed by atoms with Crippen LogP contribution in [0.5, 0.6) is 5.75 Å². The third-order valence-corrected chi connectivity index (χ3v) is 5.41. The minimum Gasteiger partial charge on any atom is -0.508 e. The molecule has 0 aliphatic carbocycles. The molecule has 1 atom stereocenters. The summed E-state index contributed by atoms with van der Waals surface area (Å²) in [7, 11) is 0. The highest BCUT2D eigenvalue weighted by Gasteiger charge is 2.43. The largest absolute Gasteiger partial charge is 0.508 e. The lowest BCUT2D eigenvalue weighted by Gasteiger charge is -2.26. The Kier molecular flexibility index (Phi) is 4.13. The van der Waals surface area contributed by atoms with E-state index in [2.05, 4.69) is 10.2 Å². The number of aromatic nitrogens is 2. The number of hydrogen-bond acceptors (Lipinski definition) is 3. The molecule has 6 heteroatoms. The maximum atomic E-state index is 13.5. The minimum absolute atomic E-state index is 0.141. The zero-order chi connectivity index (χ0) is 20.8. The van der Waals surface area contributed by atoms with Gasteiger partial charge in [0.15, 0.2) is 0 Å². The Hall–Kier alpha value is -3.93. The maximum Gasteiger partial charge on any atom is 0.277 e. The molecule has 0 bridgehead atoms. The number of phenols is 1. The van der Waals surface area contributed by atoms with E-state index < -0.39 is 6.04 Å². The van der Waals surface area contributed by atoms with Crippen LogP contribution < -0.4 is 4.90 Å². The van der Waals surface area contributed by atoms with Crippen molar-refractivity contribution in [1.82, 2.24) is 10.2 Å². The van der Waals surface area contributed by atoms with E-state index in [1.165, 1.54) is 12.1 Å². The average molecular weight is 399 g/mol. The quantitative estimate of drug-likeness (QED) is 0.511. The number of nitrogens with one attached hydrogen (secondary N) is 1. The number of fused-ring (bicyclic) bond motifs is 1. The fourth-order valence-corrected chi connectivity index (χ4v) is 3.92. The average Bonchev–Trinajstić information content (AvgIpc) is 3.29. The van der Waals surface area contributed by atoms with Crippen molar-refractivity contribution in [1.29, 1.82) is 0 Å². The summed E-state index contributed by atoms with van der Waals surface area (Å²) in [5.74, 6) is -0.463. The van der Waals surface area contributed by atoms with Crippen molar-refractivity contribution < 1.29 is 14.3 Å². The number of phenolic OH excluding ortho intramolecular Hbond substituents is 1. The molecular formula is C24H18FN3O2. The highest BCUT2D eigenvalue weighted by molar-refractivity contribution is 6.11. The zero-order valence-electron chi connectivity index (χ0n) is 16.1. The molecule has 2 heterocycles. The van der Waals surface area contributed by atoms with Gasteiger partial charge in [-0.15, -0.1) is 0 Å². The van der Waals surface area contributed by atoms with Crippen molar-refractivity contribution in [2.45, 2.75) is 13.0 Å². The second kappa shape index (κ2) is 6.84. The number of H-pyrrole nitrogens is 1. The molecule has 1 aliphatic rings. The van der Waals surface area contributed by atoms with Gasteiger partial charge in [0, 0.05) is 16.8 Å². The molecule has 1 aromatic heterocycles. The maximum absolute atomic E-state index is 13.5. The standard InChI is InChI=1S/C24H18FN3O2/c1-14-2-4-15(5-3-14)21-20-22(27-26-21)24(30)28(18-10-8-17(25)9-11-18)23(20)16-6-12-19(29)13-7-16/h2-13,23,29H,1H3,(H,26,27). The van der Waals surface area contributed by atoms with E-state index in [1.54, 1.807) is 41.3 Å². The lowest BCUT2D eigenvalue weighted by atomic mass is 9.95. The van der Waals surface area contributed by atoms with Gasteiger partial charge in [-0.2, -0.15) is 5.10 Å². The summed E-state index contributed by atoms with van der Waals surface area (Å²) >= 11 is 0. The van der Waals surface area contributed by atoms with E-state index in [-0.39, 0.29) is 17.5 Å². The Morgan fingerprint density at radius 3 is 2.30 bits per heavy atom. The molecule has 0 spiro atoms. The molecule has 148 valence electrons. The number of aromatic amines is 1. The lowest BCUT2D eigenvalue weighted by molar-refractivity contribution is 0.0988. The molecule has 5 rings (SSSR count). The number of benzene rings is 3. The molecule has 1 aliphatic heterocycles. The van der Waals surface area contributed by atoms with Crippen LogP contribution in [0, 0.1) is 12.7 Å². The van der Waals surface area contributed by atoms with Gasteiger partial charge in [0.1, 0.15) is 17.3 Å². The first-order chi connectivity index (χ1) is 14.5. The number of aryl methyl sites for hydroxylation is 1. The van der Waals surface area contributed by atoms with Crippen molar-refractivity contribution in [3.8, 4) is 17.0 Å². The number of amides is 1. The summed E-state index contributed by atoms with van der Waals surface area (Å²) in [6.07, 6.45) is 0. The van der Waals surface area contributed by atoms with Crippen LogP contribution in [-0.2, 0) is 0 Å². The van der Waals surface area contributed by atoms with Crippen LogP contribution in [0.1, 0.15) is 33.2 Å². The number of hydrogen-bond donors (Lipinski definition) is 2. The Labute approximate surface area is 172 Å². The van der Waals surface area contributed by atoms with Crippen molar-refractivity contribution in [3.63, 3.8) is 0 Å². The molecule has 5 nitrogen and oxygen atoms in total. The van der Waals surface area contributed by atoms with Crippen molar-refractivity contribution in [3.05, 3.63) is 101 Å². The van der Waals surface area contributed by atoms with E-state index in [9.17, 15) is 14.3 Å². The van der Waals surface area contributed by atoms with E-state index >= 15 is 0 Å². The van der Waals surface area contributed by atoms with Crippen molar-refractivity contribution in [2.75, 3.05) is 4.90 Å². The third kappa shape index (κ3) is 2.85. The molecule has 1 amide bonds. The molecule has 1 unspecified atom stereocenters. The zero-order valence-corrected chi connectivity index (χ0v) is 16.1. The highest BCUT2D eigenvalue weighted by atomic mass is 19.1. The number of aromatic hydroxyl groups is 1. The molecular weight excluding hydrogens is 381 g/mol. The summed E-state index contributed by atoms with van der Waals surface area (Å²) < 4.78 is 13.5. The summed E-state index contributed by atoms with van der Waals surface area (Å²) in [6, 6.07) is 20.1. The second-order valence-electron chi connectivity index (χ2n) is 7.37. The van der Waals surface area contributed by atoms with Gasteiger partial charge in [0.05, 0.1) is 11.7 Å². The van der Waals surface area contributed by atoms with Crippen LogP contribution in [0.4, 0.5) is 10.1 Å². The van der Waals surface area contributed by atoms with Gasteiger partial charge in [-0.05, 0) is 48.9 Å². The van der Waals surface area contributed by atoms with Crippen LogP contribution >= 0.6 is 0 Å². The van der Waals surface area contributed by atoms with Gasteiger partial charge in [-0.3, -0.25) is 14.8 Å². The Bertz CT molecular complexity index is 1230. The molecule has 0 saturated carbocycles. The number of carbonyl (C=O) groups excluding carboxylic acids is 1. The van der Waals surface area contributed by atoms with Crippen LogP contribution in [0.15, 0.2) is 72.8 Å². The molecule has 4 aromatic rings. The molecule has 0 radical (unpaired) electrons. The topological polar surface area (TPSA) is 69.2 Å². The summed E-state index contributed by atoms with van der Waals surface area (Å²) in [6.45, 7) is 2.01. The van der Waals surface area contributed by atoms with E-state index in [4.69, 9.17) is 0 Å². The van der Waals surface area contributed by atoms with E-state index in [0.29, 0.717) is 17.1 Å². The normalized spacial score (nSPS) is 15.5. The van der Waals surface area contributed by atoms with Gasteiger partial charge >= 0.3 is 0 Å². The molecule has 3 aromatic carbocycles. The Morgan fingerprint density at radius 1 is 0.967 bits per heavy atom. The highest BCUT2D eigenvalue weighted by Crippen LogP contribution is 2.45. The van der Waals surface area contributed by atoms with Gasteiger partial charge in [-0.1, -0.05) is 42.0 Å².